The third kappa shape index (κ3) is 5.46. The van der Waals surface area contributed by atoms with Crippen molar-refractivity contribution in [2.24, 2.45) is 45.3 Å². The van der Waals surface area contributed by atoms with Crippen LogP contribution in [0.15, 0.2) is 43.0 Å². The maximum atomic E-state index is 12.4. The van der Waals surface area contributed by atoms with Crippen LogP contribution in [-0.4, -0.2) is 33.6 Å². The zero-order valence-electron chi connectivity index (χ0n) is 29.7. The number of nitrogens with one attached hydrogen (secondary N) is 1. The maximum absolute atomic E-state index is 12.4. The largest absolute Gasteiger partial charge is 0.478 e. The van der Waals surface area contributed by atoms with Crippen molar-refractivity contribution in [3.63, 3.8) is 0 Å². The summed E-state index contributed by atoms with van der Waals surface area (Å²) in [6.45, 7) is 21.7. The lowest BCUT2D eigenvalue weighted by Crippen LogP contribution is -2.68. The molecule has 0 radical (unpaired) electrons. The highest BCUT2D eigenvalue weighted by Crippen LogP contribution is 2.76. The van der Waals surface area contributed by atoms with Gasteiger partial charge in [0, 0.05) is 5.54 Å². The summed E-state index contributed by atoms with van der Waals surface area (Å²) in [7, 11) is 0. The topological polar surface area (TPSA) is 104 Å². The van der Waals surface area contributed by atoms with Crippen LogP contribution in [0.25, 0.3) is 5.57 Å². The van der Waals surface area contributed by atoms with E-state index in [4.69, 9.17) is 0 Å². The molecule has 6 nitrogen and oxygen atoms in total. The number of carboxylic acids is 2. The number of benzene rings is 1. The van der Waals surface area contributed by atoms with Gasteiger partial charge in [0.1, 0.15) is 0 Å². The Morgan fingerprint density at radius 2 is 1.46 bits per heavy atom. The van der Waals surface area contributed by atoms with Gasteiger partial charge in [0.25, 0.3) is 0 Å². The van der Waals surface area contributed by atoms with Gasteiger partial charge in [0.15, 0.2) is 0 Å². The van der Waals surface area contributed by atoms with Gasteiger partial charge < -0.3 is 15.5 Å². The third-order valence-corrected chi connectivity index (χ3v) is 13.9. The molecule has 1 aromatic carbocycles. The molecule has 46 heavy (non-hydrogen) atoms. The molecule has 0 bridgehead atoms. The Balaban J connectivity index is 0.000000908. The molecule has 4 fully saturated rings. The molecule has 1 amide bonds. The molecule has 7 unspecified atom stereocenters. The molecule has 5 aliphatic rings. The van der Waals surface area contributed by atoms with Crippen LogP contribution in [0.4, 0.5) is 0 Å². The van der Waals surface area contributed by atoms with E-state index in [1.54, 1.807) is 18.2 Å². The molecule has 4 saturated carbocycles. The SMILES string of the molecule is C=CC.CC.CC1(C)C(c2ccc(C(=O)O)cc2)=CCC2(C)C1CCC1(C)C2CCC2C3CCCC3(NC(=O)C(=O)O)CC[C@]21C. The van der Waals surface area contributed by atoms with Gasteiger partial charge in [0.2, 0.25) is 0 Å². The summed E-state index contributed by atoms with van der Waals surface area (Å²) in [6.07, 6.45) is 15.0. The number of carboxylic acid groups (broad SMARTS) is 2. The molecule has 6 rings (SSSR count). The fourth-order valence-corrected chi connectivity index (χ4v) is 12.0. The first-order chi connectivity index (χ1) is 21.6. The van der Waals surface area contributed by atoms with E-state index < -0.39 is 17.8 Å². The Kier molecular flexibility index (Phi) is 10.1. The quantitative estimate of drug-likeness (QED) is 0.227. The molecule has 0 heterocycles. The minimum absolute atomic E-state index is 0.0227. The number of hydrogen-bond donors (Lipinski definition) is 3. The highest BCUT2D eigenvalue weighted by Gasteiger charge is 2.69. The summed E-state index contributed by atoms with van der Waals surface area (Å²) in [4.78, 5) is 35.3. The summed E-state index contributed by atoms with van der Waals surface area (Å²) in [5, 5.41) is 21.8. The van der Waals surface area contributed by atoms with Gasteiger partial charge in [-0.25, -0.2) is 9.59 Å². The predicted octanol–water partition coefficient (Wildman–Crippen LogP) is 9.41. The average Bonchev–Trinajstić information content (AvgIpc) is 3.42. The highest BCUT2D eigenvalue weighted by molar-refractivity contribution is 6.31. The normalized spacial score (nSPS) is 38.3. The van der Waals surface area contributed by atoms with E-state index in [-0.39, 0.29) is 27.2 Å². The summed E-state index contributed by atoms with van der Waals surface area (Å²) in [5.41, 5.74) is 2.97. The van der Waals surface area contributed by atoms with E-state index in [0.717, 1.165) is 50.5 Å². The standard InChI is InChI=1S/C35H47NO5.C3H6.C2H6/c1-31(2)23(21-8-10-22(11-9-21)29(38)39)14-17-32(3)26(31)15-18-34(5)27(32)13-12-24-25-7-6-16-35(25,20-19-33(24,34)4)36-28(37)30(40)41;1-3-2;1-2/h8-11,14,24-27H,6-7,12-13,15-20H2,1-5H3,(H,36,37)(H,38,39)(H,40,41);3H,1H2,2H3;1-2H3/t24?,25?,26?,27?,32?,33-,34?,35?;;/m1../s1. The summed E-state index contributed by atoms with van der Waals surface area (Å²) in [5.74, 6) is -1.09. The lowest BCUT2D eigenvalue weighted by Gasteiger charge is -2.72. The lowest BCUT2D eigenvalue weighted by molar-refractivity contribution is -0.217. The number of fused-ring (bicyclic) bond motifs is 7. The first-order valence-electron chi connectivity index (χ1n) is 17.8. The van der Waals surface area contributed by atoms with Crippen molar-refractivity contribution in [2.75, 3.05) is 0 Å². The van der Waals surface area contributed by atoms with Crippen molar-refractivity contribution in [1.82, 2.24) is 5.32 Å². The average molecular weight is 634 g/mol. The van der Waals surface area contributed by atoms with E-state index in [9.17, 15) is 24.6 Å². The van der Waals surface area contributed by atoms with Gasteiger partial charge in [-0.15, -0.1) is 6.58 Å². The summed E-state index contributed by atoms with van der Waals surface area (Å²) in [6, 6.07) is 7.43. The van der Waals surface area contributed by atoms with E-state index >= 15 is 0 Å². The second kappa shape index (κ2) is 13.0. The minimum Gasteiger partial charge on any atom is -0.478 e. The molecule has 1 aromatic rings. The third-order valence-electron chi connectivity index (χ3n) is 13.9. The highest BCUT2D eigenvalue weighted by atomic mass is 16.4. The molecule has 0 aliphatic heterocycles. The van der Waals surface area contributed by atoms with Crippen LogP contribution in [0, 0.1) is 45.3 Å². The number of aliphatic carboxylic acids is 1. The molecule has 254 valence electrons. The second-order valence-electron chi connectivity index (χ2n) is 15.9. The fourth-order valence-electron chi connectivity index (χ4n) is 12.0. The molecular formula is C40H59NO5. The molecule has 0 aromatic heterocycles. The monoisotopic (exact) mass is 633 g/mol. The van der Waals surface area contributed by atoms with E-state index in [2.05, 4.69) is 52.6 Å². The van der Waals surface area contributed by atoms with Gasteiger partial charge in [-0.05, 0) is 133 Å². The zero-order chi connectivity index (χ0) is 34.3. The number of rotatable bonds is 3. The Hall–Kier alpha value is -2.89. The Morgan fingerprint density at radius 3 is 2.04 bits per heavy atom. The van der Waals surface area contributed by atoms with Crippen molar-refractivity contribution < 1.29 is 24.6 Å². The zero-order valence-corrected chi connectivity index (χ0v) is 29.7. The first-order valence-corrected chi connectivity index (χ1v) is 17.8. The Labute approximate surface area is 277 Å². The second-order valence-corrected chi connectivity index (χ2v) is 15.9. The van der Waals surface area contributed by atoms with Crippen LogP contribution in [0.1, 0.15) is 136 Å². The van der Waals surface area contributed by atoms with Crippen molar-refractivity contribution in [1.29, 1.82) is 0 Å². The van der Waals surface area contributed by atoms with Crippen LogP contribution >= 0.6 is 0 Å². The number of allylic oxidation sites excluding steroid dienone is 3. The molecular weight excluding hydrogens is 574 g/mol. The fraction of sp³-hybridized carbons (Fsp3) is 0.675. The summed E-state index contributed by atoms with van der Waals surface area (Å²) < 4.78 is 0. The van der Waals surface area contributed by atoms with Crippen LogP contribution in [0.2, 0.25) is 0 Å². The van der Waals surface area contributed by atoms with Gasteiger partial charge in [-0.3, -0.25) is 4.79 Å². The Morgan fingerprint density at radius 1 is 0.826 bits per heavy atom. The predicted molar refractivity (Wildman–Crippen MR) is 185 cm³/mol. The Bertz CT molecular complexity index is 1360. The maximum Gasteiger partial charge on any atom is 0.394 e. The molecule has 5 aliphatic carbocycles. The summed E-state index contributed by atoms with van der Waals surface area (Å²) >= 11 is 0. The van der Waals surface area contributed by atoms with Crippen LogP contribution in [-0.2, 0) is 9.59 Å². The van der Waals surface area contributed by atoms with E-state index in [1.807, 2.05) is 32.9 Å². The molecule has 8 atom stereocenters. The van der Waals surface area contributed by atoms with Crippen LogP contribution in [0.5, 0.6) is 0 Å². The number of aromatic carboxylic acids is 1. The number of amides is 1. The van der Waals surface area contributed by atoms with Gasteiger partial charge in [-0.1, -0.05) is 79.2 Å². The van der Waals surface area contributed by atoms with Crippen LogP contribution < -0.4 is 5.32 Å². The van der Waals surface area contributed by atoms with Gasteiger partial charge >= 0.3 is 17.8 Å². The number of hydrogen-bond acceptors (Lipinski definition) is 3. The van der Waals surface area contributed by atoms with Crippen LogP contribution in [0.3, 0.4) is 0 Å². The molecule has 6 heteroatoms. The van der Waals surface area contributed by atoms with Gasteiger partial charge in [-0.2, -0.15) is 0 Å². The van der Waals surface area contributed by atoms with Crippen molar-refractivity contribution in [3.8, 4) is 0 Å². The number of carbonyl (C=O) groups excluding carboxylic acids is 1. The van der Waals surface area contributed by atoms with Gasteiger partial charge in [0.05, 0.1) is 5.56 Å². The molecule has 3 N–H and O–H groups in total. The van der Waals surface area contributed by atoms with Crippen molar-refractivity contribution in [3.05, 3.63) is 54.1 Å². The number of carbonyl (C=O) groups is 3. The molecule has 0 saturated heterocycles. The molecule has 0 spiro atoms. The minimum atomic E-state index is -1.37. The smallest absolute Gasteiger partial charge is 0.394 e. The van der Waals surface area contributed by atoms with E-state index in [0.29, 0.717) is 29.2 Å². The van der Waals surface area contributed by atoms with Crippen molar-refractivity contribution in [2.45, 2.75) is 125 Å². The lowest BCUT2D eigenvalue weighted by atomic mass is 9.33. The first kappa shape index (κ1) is 36.0. The van der Waals surface area contributed by atoms with Crippen molar-refractivity contribution >= 4 is 23.4 Å². The van der Waals surface area contributed by atoms with E-state index in [1.165, 1.54) is 24.8 Å².